The Balaban J connectivity index is 2.74. The second-order valence-electron chi connectivity index (χ2n) is 4.66. The van der Waals surface area contributed by atoms with Crippen LogP contribution in [0.3, 0.4) is 0 Å². The highest BCUT2D eigenvalue weighted by Gasteiger charge is 2.21. The number of hydrogen-bond acceptors (Lipinski definition) is 2. The zero-order valence-corrected chi connectivity index (χ0v) is 10.9. The van der Waals surface area contributed by atoms with E-state index in [-0.39, 0.29) is 5.91 Å². The van der Waals surface area contributed by atoms with Gasteiger partial charge in [-0.2, -0.15) is 0 Å². The molecule has 0 saturated carbocycles. The van der Waals surface area contributed by atoms with E-state index in [1.807, 2.05) is 42.2 Å². The molecular weight excluding hydrogens is 212 g/mol. The molecule has 0 radical (unpaired) electrons. The summed E-state index contributed by atoms with van der Waals surface area (Å²) >= 11 is 0. The van der Waals surface area contributed by atoms with E-state index in [1.165, 1.54) is 0 Å². The lowest BCUT2D eigenvalue weighted by Gasteiger charge is -2.26. The largest absolute Gasteiger partial charge is 0.341 e. The van der Waals surface area contributed by atoms with Crippen LogP contribution in [0.2, 0.25) is 0 Å². The van der Waals surface area contributed by atoms with Crippen LogP contribution >= 0.6 is 0 Å². The van der Waals surface area contributed by atoms with Crippen LogP contribution in [-0.4, -0.2) is 23.9 Å². The summed E-state index contributed by atoms with van der Waals surface area (Å²) in [6, 6.07) is 8.97. The van der Waals surface area contributed by atoms with Gasteiger partial charge >= 0.3 is 0 Å². The zero-order chi connectivity index (χ0) is 12.8. The van der Waals surface area contributed by atoms with Crippen LogP contribution in [0, 0.1) is 5.92 Å². The zero-order valence-electron chi connectivity index (χ0n) is 10.9. The van der Waals surface area contributed by atoms with E-state index in [0.29, 0.717) is 12.5 Å². The molecule has 0 aliphatic heterocycles. The summed E-state index contributed by atoms with van der Waals surface area (Å²) in [6.07, 6.45) is 0. The molecule has 0 aliphatic carbocycles. The Labute approximate surface area is 104 Å². The van der Waals surface area contributed by atoms with Crippen LogP contribution in [0.1, 0.15) is 32.4 Å². The van der Waals surface area contributed by atoms with E-state index in [0.717, 1.165) is 12.1 Å². The Morgan fingerprint density at radius 1 is 1.29 bits per heavy atom. The smallest absolute Gasteiger partial charge is 0.244 e. The molecule has 1 aromatic carbocycles. The monoisotopic (exact) mass is 234 g/mol. The molecule has 2 N–H and O–H groups in total. The molecular formula is C14H22N2O. The third-order valence-corrected chi connectivity index (χ3v) is 2.70. The van der Waals surface area contributed by atoms with Crippen molar-refractivity contribution in [3.05, 3.63) is 35.9 Å². The van der Waals surface area contributed by atoms with E-state index < -0.39 is 6.04 Å². The molecule has 1 amide bonds. The van der Waals surface area contributed by atoms with Crippen LogP contribution in [-0.2, 0) is 4.79 Å². The quantitative estimate of drug-likeness (QED) is 0.849. The maximum Gasteiger partial charge on any atom is 0.244 e. The van der Waals surface area contributed by atoms with Gasteiger partial charge in [0.15, 0.2) is 0 Å². The second-order valence-corrected chi connectivity index (χ2v) is 4.66. The molecule has 3 nitrogen and oxygen atoms in total. The lowest BCUT2D eigenvalue weighted by molar-refractivity contribution is -0.133. The van der Waals surface area contributed by atoms with Crippen molar-refractivity contribution >= 4 is 5.91 Å². The van der Waals surface area contributed by atoms with Crippen molar-refractivity contribution in [3.63, 3.8) is 0 Å². The molecule has 94 valence electrons. The molecule has 1 rings (SSSR count). The number of carbonyl (C=O) groups excluding carboxylic acids is 1. The van der Waals surface area contributed by atoms with Crippen LogP contribution < -0.4 is 5.73 Å². The lowest BCUT2D eigenvalue weighted by Crippen LogP contribution is -2.40. The minimum absolute atomic E-state index is 0.00685. The van der Waals surface area contributed by atoms with Crippen LogP contribution in [0.15, 0.2) is 30.3 Å². The normalized spacial score (nSPS) is 12.5. The Morgan fingerprint density at radius 3 is 2.35 bits per heavy atom. The van der Waals surface area contributed by atoms with Gasteiger partial charge in [-0.25, -0.2) is 0 Å². The number of benzene rings is 1. The van der Waals surface area contributed by atoms with Crippen molar-refractivity contribution in [2.45, 2.75) is 26.8 Å². The van der Waals surface area contributed by atoms with Gasteiger partial charge in [-0.1, -0.05) is 44.2 Å². The lowest BCUT2D eigenvalue weighted by atomic mass is 10.1. The van der Waals surface area contributed by atoms with Gasteiger partial charge in [0, 0.05) is 13.1 Å². The Hall–Kier alpha value is -1.35. The molecule has 0 aliphatic rings. The first-order valence-corrected chi connectivity index (χ1v) is 6.15. The fraction of sp³-hybridized carbons (Fsp3) is 0.500. The minimum atomic E-state index is -0.546. The van der Waals surface area contributed by atoms with E-state index >= 15 is 0 Å². The molecule has 0 aromatic heterocycles. The van der Waals surface area contributed by atoms with Crippen molar-refractivity contribution in [2.24, 2.45) is 11.7 Å². The topological polar surface area (TPSA) is 46.3 Å². The minimum Gasteiger partial charge on any atom is -0.341 e. The highest BCUT2D eigenvalue weighted by molar-refractivity contribution is 5.83. The van der Waals surface area contributed by atoms with Gasteiger partial charge in [0.1, 0.15) is 6.04 Å². The number of nitrogens with zero attached hydrogens (tertiary/aromatic N) is 1. The third kappa shape index (κ3) is 3.86. The van der Waals surface area contributed by atoms with E-state index in [1.54, 1.807) is 0 Å². The summed E-state index contributed by atoms with van der Waals surface area (Å²) < 4.78 is 0. The standard InChI is InChI=1S/C14H22N2O/c1-4-16(10-11(2)3)14(17)13(15)12-8-6-5-7-9-12/h5-9,11,13H,4,10,15H2,1-3H3/t13-/m0/s1. The second kappa shape index (κ2) is 6.40. The summed E-state index contributed by atoms with van der Waals surface area (Å²) in [7, 11) is 0. The van der Waals surface area contributed by atoms with Gasteiger partial charge < -0.3 is 10.6 Å². The molecule has 0 fully saturated rings. The van der Waals surface area contributed by atoms with Gasteiger partial charge in [-0.15, -0.1) is 0 Å². The number of nitrogens with two attached hydrogens (primary N) is 1. The molecule has 1 aromatic rings. The molecule has 0 bridgehead atoms. The first kappa shape index (κ1) is 13.7. The van der Waals surface area contributed by atoms with Crippen LogP contribution in [0.4, 0.5) is 0 Å². The number of rotatable bonds is 5. The fourth-order valence-corrected chi connectivity index (χ4v) is 1.82. The van der Waals surface area contributed by atoms with Crippen molar-refractivity contribution < 1.29 is 4.79 Å². The number of carbonyl (C=O) groups is 1. The Bertz CT molecular complexity index is 348. The number of hydrogen-bond donors (Lipinski definition) is 1. The van der Waals surface area contributed by atoms with Gasteiger partial charge in [0.25, 0.3) is 0 Å². The van der Waals surface area contributed by atoms with Gasteiger partial charge in [0.05, 0.1) is 0 Å². The highest BCUT2D eigenvalue weighted by Crippen LogP contribution is 2.13. The van der Waals surface area contributed by atoms with Gasteiger partial charge in [-0.3, -0.25) is 4.79 Å². The summed E-state index contributed by atoms with van der Waals surface area (Å²) in [6.45, 7) is 7.65. The Kier molecular flexibility index (Phi) is 5.16. The van der Waals surface area contributed by atoms with Crippen LogP contribution in [0.25, 0.3) is 0 Å². The Morgan fingerprint density at radius 2 is 1.88 bits per heavy atom. The molecule has 0 unspecified atom stereocenters. The van der Waals surface area contributed by atoms with Crippen LogP contribution in [0.5, 0.6) is 0 Å². The van der Waals surface area contributed by atoms with E-state index in [4.69, 9.17) is 5.73 Å². The average molecular weight is 234 g/mol. The molecule has 3 heteroatoms. The predicted molar refractivity (Wildman–Crippen MR) is 70.5 cm³/mol. The van der Waals surface area contributed by atoms with Gasteiger partial charge in [0.2, 0.25) is 5.91 Å². The van der Waals surface area contributed by atoms with E-state index in [9.17, 15) is 4.79 Å². The van der Waals surface area contributed by atoms with Crippen molar-refractivity contribution in [1.82, 2.24) is 4.90 Å². The van der Waals surface area contributed by atoms with E-state index in [2.05, 4.69) is 13.8 Å². The maximum atomic E-state index is 12.2. The number of likely N-dealkylation sites (N-methyl/N-ethyl adjacent to an activating group) is 1. The molecule has 1 atom stereocenters. The molecule has 17 heavy (non-hydrogen) atoms. The summed E-state index contributed by atoms with van der Waals surface area (Å²) in [5.74, 6) is 0.467. The average Bonchev–Trinajstić information content (AvgIpc) is 2.35. The summed E-state index contributed by atoms with van der Waals surface area (Å²) in [5, 5.41) is 0. The van der Waals surface area contributed by atoms with Gasteiger partial charge in [-0.05, 0) is 18.4 Å². The highest BCUT2D eigenvalue weighted by atomic mass is 16.2. The predicted octanol–water partition coefficient (Wildman–Crippen LogP) is 2.19. The summed E-state index contributed by atoms with van der Waals surface area (Å²) in [4.78, 5) is 14.0. The van der Waals surface area contributed by atoms with Crippen molar-refractivity contribution in [3.8, 4) is 0 Å². The first-order valence-electron chi connectivity index (χ1n) is 6.15. The summed E-state index contributed by atoms with van der Waals surface area (Å²) in [5.41, 5.74) is 6.87. The maximum absolute atomic E-state index is 12.2. The SMILES string of the molecule is CCN(CC(C)C)C(=O)[C@@H](N)c1ccccc1. The molecule has 0 spiro atoms. The van der Waals surface area contributed by atoms with Crippen molar-refractivity contribution in [1.29, 1.82) is 0 Å². The first-order chi connectivity index (χ1) is 8.06. The molecule has 0 heterocycles. The fourth-order valence-electron chi connectivity index (χ4n) is 1.82. The number of amides is 1. The third-order valence-electron chi connectivity index (χ3n) is 2.70. The molecule has 0 saturated heterocycles. The van der Waals surface area contributed by atoms with Crippen molar-refractivity contribution in [2.75, 3.05) is 13.1 Å².